The molecular weight excluding hydrogens is 244 g/mol. The first-order valence-corrected chi connectivity index (χ1v) is 6.12. The molecule has 5 nitrogen and oxygen atoms in total. The Morgan fingerprint density at radius 3 is 2.37 bits per heavy atom. The number of amides is 1. The molecule has 1 aromatic rings. The minimum Gasteiger partial charge on any atom is -0.469 e. The minimum atomic E-state index is -0.345. The number of nitrogens with two attached hydrogens (primary N) is 1. The van der Waals surface area contributed by atoms with Crippen LogP contribution in [-0.4, -0.2) is 37.5 Å². The Morgan fingerprint density at radius 1 is 1.32 bits per heavy atom. The molecule has 0 radical (unpaired) electrons. The minimum absolute atomic E-state index is 0.126. The number of carbonyl (C=O) groups excluding carboxylic acids is 2. The second-order valence-corrected chi connectivity index (χ2v) is 4.51. The van der Waals surface area contributed by atoms with Crippen molar-refractivity contribution in [3.63, 3.8) is 0 Å². The van der Waals surface area contributed by atoms with Gasteiger partial charge < -0.3 is 15.4 Å². The summed E-state index contributed by atoms with van der Waals surface area (Å²) in [5, 5.41) is 0. The number of hydrogen-bond donors (Lipinski definition) is 1. The lowest BCUT2D eigenvalue weighted by molar-refractivity contribution is -0.145. The van der Waals surface area contributed by atoms with Crippen molar-refractivity contribution in [3.8, 4) is 0 Å². The van der Waals surface area contributed by atoms with Crippen LogP contribution in [0.3, 0.4) is 0 Å². The Balaban J connectivity index is 2.68. The first kappa shape index (κ1) is 15.2. The molecule has 1 unspecified atom stereocenters. The van der Waals surface area contributed by atoms with Crippen molar-refractivity contribution in [2.75, 3.05) is 20.7 Å². The fraction of sp³-hybridized carbons (Fsp3) is 0.429. The van der Waals surface area contributed by atoms with Crippen molar-refractivity contribution >= 4 is 11.9 Å². The second kappa shape index (κ2) is 6.89. The number of esters is 1. The number of methoxy groups -OCH3 is 1. The SMILES string of the molecule is COC(=O)C(C)CN(C)C(=O)c1ccc(CN)cc1. The van der Waals surface area contributed by atoms with E-state index in [1.165, 1.54) is 12.0 Å². The van der Waals surface area contributed by atoms with Crippen molar-refractivity contribution < 1.29 is 14.3 Å². The molecule has 1 amide bonds. The molecule has 0 heterocycles. The Labute approximate surface area is 113 Å². The predicted octanol–water partition coefficient (Wildman–Crippen LogP) is 1.03. The molecule has 19 heavy (non-hydrogen) atoms. The molecule has 0 saturated carbocycles. The molecule has 2 N–H and O–H groups in total. The van der Waals surface area contributed by atoms with Crippen LogP contribution in [0.5, 0.6) is 0 Å². The standard InChI is InChI=1S/C14H20N2O3/c1-10(14(18)19-3)9-16(2)13(17)12-6-4-11(8-15)5-7-12/h4-7,10H,8-9,15H2,1-3H3. The summed E-state index contributed by atoms with van der Waals surface area (Å²) in [6.45, 7) is 2.50. The van der Waals surface area contributed by atoms with E-state index in [-0.39, 0.29) is 17.8 Å². The monoisotopic (exact) mass is 264 g/mol. The number of benzene rings is 1. The zero-order valence-electron chi connectivity index (χ0n) is 11.6. The third-order valence-corrected chi connectivity index (χ3v) is 2.93. The maximum atomic E-state index is 12.1. The fourth-order valence-electron chi connectivity index (χ4n) is 1.77. The average Bonchev–Trinajstić information content (AvgIpc) is 2.45. The number of rotatable bonds is 5. The molecule has 0 aliphatic carbocycles. The van der Waals surface area contributed by atoms with E-state index < -0.39 is 0 Å². The van der Waals surface area contributed by atoms with Gasteiger partial charge in [0.05, 0.1) is 13.0 Å². The highest BCUT2D eigenvalue weighted by Gasteiger charge is 2.19. The van der Waals surface area contributed by atoms with Crippen molar-refractivity contribution in [3.05, 3.63) is 35.4 Å². The quantitative estimate of drug-likeness (QED) is 0.806. The molecular formula is C14H20N2O3. The normalized spacial score (nSPS) is 11.8. The smallest absolute Gasteiger partial charge is 0.310 e. The van der Waals surface area contributed by atoms with E-state index in [9.17, 15) is 9.59 Å². The predicted molar refractivity (Wildman–Crippen MR) is 72.5 cm³/mol. The zero-order chi connectivity index (χ0) is 14.4. The molecule has 0 aliphatic rings. The van der Waals surface area contributed by atoms with Gasteiger partial charge in [-0.2, -0.15) is 0 Å². The van der Waals surface area contributed by atoms with Crippen LogP contribution in [0.1, 0.15) is 22.8 Å². The van der Waals surface area contributed by atoms with Crippen LogP contribution in [0.4, 0.5) is 0 Å². The molecule has 0 aliphatic heterocycles. The molecule has 1 rings (SSSR count). The molecule has 0 saturated heterocycles. The number of ether oxygens (including phenoxy) is 1. The van der Waals surface area contributed by atoms with E-state index in [1.54, 1.807) is 26.1 Å². The molecule has 1 atom stereocenters. The lowest BCUT2D eigenvalue weighted by Crippen LogP contribution is -2.34. The summed E-state index contributed by atoms with van der Waals surface area (Å²) in [5.41, 5.74) is 7.06. The molecule has 1 aromatic carbocycles. The van der Waals surface area contributed by atoms with Gasteiger partial charge in [0.15, 0.2) is 0 Å². The van der Waals surface area contributed by atoms with E-state index >= 15 is 0 Å². The molecule has 0 aromatic heterocycles. The summed E-state index contributed by atoms with van der Waals surface area (Å²) in [6, 6.07) is 7.13. The van der Waals surface area contributed by atoms with Crippen molar-refractivity contribution in [2.24, 2.45) is 11.7 Å². The summed E-state index contributed by atoms with van der Waals surface area (Å²) in [6.07, 6.45) is 0. The van der Waals surface area contributed by atoms with Gasteiger partial charge in [0, 0.05) is 25.7 Å². The Kier molecular flexibility index (Phi) is 5.51. The van der Waals surface area contributed by atoms with E-state index in [1.807, 2.05) is 12.1 Å². The van der Waals surface area contributed by atoms with Crippen molar-refractivity contribution in [1.29, 1.82) is 0 Å². The van der Waals surface area contributed by atoms with E-state index in [4.69, 9.17) is 5.73 Å². The van der Waals surface area contributed by atoms with E-state index in [0.29, 0.717) is 18.7 Å². The Morgan fingerprint density at radius 2 is 1.89 bits per heavy atom. The summed E-state index contributed by atoms with van der Waals surface area (Å²) < 4.78 is 4.64. The molecule has 0 spiro atoms. The summed E-state index contributed by atoms with van der Waals surface area (Å²) in [5.74, 6) is -0.792. The van der Waals surface area contributed by atoms with Gasteiger partial charge in [-0.25, -0.2) is 0 Å². The summed E-state index contributed by atoms with van der Waals surface area (Å²) in [7, 11) is 3.00. The lowest BCUT2D eigenvalue weighted by atomic mass is 10.1. The largest absolute Gasteiger partial charge is 0.469 e. The van der Waals surface area contributed by atoms with Crippen LogP contribution < -0.4 is 5.73 Å². The van der Waals surface area contributed by atoms with Gasteiger partial charge >= 0.3 is 5.97 Å². The zero-order valence-corrected chi connectivity index (χ0v) is 11.6. The first-order valence-electron chi connectivity index (χ1n) is 6.12. The highest BCUT2D eigenvalue weighted by Crippen LogP contribution is 2.09. The van der Waals surface area contributed by atoms with Crippen LogP contribution >= 0.6 is 0 Å². The van der Waals surface area contributed by atoms with E-state index in [0.717, 1.165) is 5.56 Å². The van der Waals surface area contributed by atoms with Gasteiger partial charge in [0.2, 0.25) is 0 Å². The van der Waals surface area contributed by atoms with Crippen LogP contribution in [-0.2, 0) is 16.1 Å². The molecule has 0 fully saturated rings. The Bertz CT molecular complexity index is 443. The Hall–Kier alpha value is -1.88. The second-order valence-electron chi connectivity index (χ2n) is 4.51. The van der Waals surface area contributed by atoms with E-state index in [2.05, 4.69) is 4.74 Å². The fourth-order valence-corrected chi connectivity index (χ4v) is 1.77. The van der Waals surface area contributed by atoms with Crippen molar-refractivity contribution in [2.45, 2.75) is 13.5 Å². The number of hydrogen-bond acceptors (Lipinski definition) is 4. The van der Waals surface area contributed by atoms with Crippen molar-refractivity contribution in [1.82, 2.24) is 4.90 Å². The number of nitrogens with zero attached hydrogens (tertiary/aromatic N) is 1. The average molecular weight is 264 g/mol. The molecule has 5 heteroatoms. The summed E-state index contributed by atoms with van der Waals surface area (Å²) in [4.78, 5) is 25.0. The maximum absolute atomic E-state index is 12.1. The van der Waals surface area contributed by atoms with Gasteiger partial charge in [-0.1, -0.05) is 19.1 Å². The lowest BCUT2D eigenvalue weighted by Gasteiger charge is -2.20. The highest BCUT2D eigenvalue weighted by molar-refractivity contribution is 5.94. The van der Waals surface area contributed by atoms with Gasteiger partial charge in [-0.3, -0.25) is 9.59 Å². The van der Waals surface area contributed by atoms with Crippen LogP contribution in [0.15, 0.2) is 24.3 Å². The first-order chi connectivity index (χ1) is 8.99. The van der Waals surface area contributed by atoms with Crippen LogP contribution in [0.2, 0.25) is 0 Å². The third-order valence-electron chi connectivity index (χ3n) is 2.93. The maximum Gasteiger partial charge on any atom is 0.310 e. The van der Waals surface area contributed by atoms with Crippen LogP contribution in [0.25, 0.3) is 0 Å². The van der Waals surface area contributed by atoms with Gasteiger partial charge in [-0.15, -0.1) is 0 Å². The van der Waals surface area contributed by atoms with Gasteiger partial charge in [0.25, 0.3) is 5.91 Å². The molecule has 0 bridgehead atoms. The molecule has 104 valence electrons. The highest BCUT2D eigenvalue weighted by atomic mass is 16.5. The number of carbonyl (C=O) groups is 2. The van der Waals surface area contributed by atoms with Gasteiger partial charge in [-0.05, 0) is 17.7 Å². The topological polar surface area (TPSA) is 72.6 Å². The van der Waals surface area contributed by atoms with Crippen LogP contribution in [0, 0.1) is 5.92 Å². The summed E-state index contributed by atoms with van der Waals surface area (Å²) >= 11 is 0. The third kappa shape index (κ3) is 4.06. The van der Waals surface area contributed by atoms with Gasteiger partial charge in [0.1, 0.15) is 0 Å².